The smallest absolute Gasteiger partial charge is 0.116 e. The highest BCUT2D eigenvalue weighted by Crippen LogP contribution is 2.09. The number of nitrogens with zero attached hydrogens (tertiary/aromatic N) is 1. The predicted octanol–water partition coefficient (Wildman–Crippen LogP) is 3.31. The van der Waals surface area contributed by atoms with Crippen LogP contribution in [0.3, 0.4) is 0 Å². The third-order valence-electron chi connectivity index (χ3n) is 1.67. The van der Waals surface area contributed by atoms with Crippen LogP contribution in [-0.2, 0) is 0 Å². The first kappa shape index (κ1) is 8.20. The van der Waals surface area contributed by atoms with Gasteiger partial charge >= 0.3 is 0 Å². The van der Waals surface area contributed by atoms with Crippen LogP contribution in [0.5, 0.6) is 0 Å². The van der Waals surface area contributed by atoms with Crippen LogP contribution in [0.4, 0.5) is 0 Å². The van der Waals surface area contributed by atoms with E-state index in [1.54, 1.807) is 11.3 Å². The lowest BCUT2D eigenvalue weighted by atomic mass is 10.2. The van der Waals surface area contributed by atoms with Crippen LogP contribution in [-0.4, -0.2) is 4.98 Å². The summed E-state index contributed by atoms with van der Waals surface area (Å²) in [5.74, 6) is 0. The van der Waals surface area contributed by atoms with Crippen molar-refractivity contribution in [2.24, 2.45) is 0 Å². The first-order valence-corrected chi connectivity index (χ1v) is 4.96. The Kier molecular flexibility index (Phi) is 2.53. The van der Waals surface area contributed by atoms with E-state index in [0.29, 0.717) is 0 Å². The third-order valence-corrected chi connectivity index (χ3v) is 2.41. The second-order valence-corrected chi connectivity index (χ2v) is 3.54. The lowest BCUT2D eigenvalue weighted by Crippen LogP contribution is -1.69. The van der Waals surface area contributed by atoms with Gasteiger partial charge in [0.25, 0.3) is 0 Å². The first-order chi connectivity index (χ1) is 6.45. The summed E-state index contributed by atoms with van der Waals surface area (Å²) in [7, 11) is 0. The fourth-order valence-corrected chi connectivity index (χ4v) is 1.58. The van der Waals surface area contributed by atoms with Crippen molar-refractivity contribution in [3.63, 3.8) is 0 Å². The Morgan fingerprint density at radius 3 is 2.62 bits per heavy atom. The molecular formula is C11H9NS. The molecule has 0 radical (unpaired) electrons. The van der Waals surface area contributed by atoms with Crippen molar-refractivity contribution in [2.45, 2.75) is 0 Å². The fourth-order valence-electron chi connectivity index (χ4n) is 1.05. The van der Waals surface area contributed by atoms with Gasteiger partial charge in [-0.15, -0.1) is 11.3 Å². The van der Waals surface area contributed by atoms with Gasteiger partial charge in [-0.05, 0) is 11.6 Å². The molecule has 2 aromatic rings. The zero-order valence-electron chi connectivity index (χ0n) is 7.05. The van der Waals surface area contributed by atoms with Crippen molar-refractivity contribution < 1.29 is 0 Å². The topological polar surface area (TPSA) is 12.9 Å². The summed E-state index contributed by atoms with van der Waals surface area (Å²) in [6.07, 6.45) is 5.91. The van der Waals surface area contributed by atoms with E-state index in [4.69, 9.17) is 0 Å². The van der Waals surface area contributed by atoms with Crippen molar-refractivity contribution in [3.05, 3.63) is 52.5 Å². The summed E-state index contributed by atoms with van der Waals surface area (Å²) in [5, 5.41) is 3.02. The molecule has 0 spiro atoms. The second-order valence-electron chi connectivity index (χ2n) is 2.61. The average Bonchev–Trinajstić information content (AvgIpc) is 2.69. The molecule has 0 aliphatic heterocycles. The minimum absolute atomic E-state index is 1.05. The van der Waals surface area contributed by atoms with Crippen LogP contribution < -0.4 is 0 Å². The zero-order valence-corrected chi connectivity index (χ0v) is 7.87. The molecule has 0 aliphatic carbocycles. The molecule has 13 heavy (non-hydrogen) atoms. The molecule has 64 valence electrons. The molecule has 0 N–H and O–H groups in total. The fraction of sp³-hybridized carbons (Fsp3) is 0. The summed E-state index contributed by atoms with van der Waals surface area (Å²) in [5.41, 5.74) is 1.21. The number of rotatable bonds is 2. The van der Waals surface area contributed by atoms with E-state index < -0.39 is 0 Å². The Bertz CT molecular complexity index is 376. The molecule has 0 amide bonds. The van der Waals surface area contributed by atoms with Gasteiger partial charge in [0.1, 0.15) is 5.01 Å². The molecule has 0 unspecified atom stereocenters. The van der Waals surface area contributed by atoms with Gasteiger partial charge in [-0.25, -0.2) is 4.98 Å². The van der Waals surface area contributed by atoms with Gasteiger partial charge in [-0.3, -0.25) is 0 Å². The highest BCUT2D eigenvalue weighted by molar-refractivity contribution is 7.10. The maximum absolute atomic E-state index is 4.16. The van der Waals surface area contributed by atoms with E-state index >= 15 is 0 Å². The van der Waals surface area contributed by atoms with Gasteiger partial charge in [0.05, 0.1) is 0 Å². The van der Waals surface area contributed by atoms with Crippen molar-refractivity contribution in [3.8, 4) is 0 Å². The summed E-state index contributed by atoms with van der Waals surface area (Å²) in [6, 6.07) is 10.2. The molecule has 0 fully saturated rings. The molecule has 1 aromatic carbocycles. The van der Waals surface area contributed by atoms with E-state index in [2.05, 4.69) is 23.2 Å². The highest BCUT2D eigenvalue weighted by Gasteiger charge is 1.87. The largest absolute Gasteiger partial charge is 0.245 e. The third kappa shape index (κ3) is 2.26. The van der Waals surface area contributed by atoms with Crippen LogP contribution in [0.2, 0.25) is 0 Å². The summed E-state index contributed by atoms with van der Waals surface area (Å²) < 4.78 is 0. The van der Waals surface area contributed by atoms with Gasteiger partial charge in [0.15, 0.2) is 0 Å². The molecule has 1 heterocycles. The van der Waals surface area contributed by atoms with E-state index in [0.717, 1.165) is 5.01 Å². The Morgan fingerprint density at radius 2 is 1.92 bits per heavy atom. The van der Waals surface area contributed by atoms with Crippen molar-refractivity contribution in [1.82, 2.24) is 4.98 Å². The molecule has 1 nitrogen and oxygen atoms in total. The van der Waals surface area contributed by atoms with Crippen molar-refractivity contribution >= 4 is 23.5 Å². The number of thiazole rings is 1. The predicted molar refractivity (Wildman–Crippen MR) is 57.5 cm³/mol. The van der Waals surface area contributed by atoms with Crippen LogP contribution >= 0.6 is 11.3 Å². The molecule has 2 heteroatoms. The lowest BCUT2D eigenvalue weighted by molar-refractivity contribution is 1.40. The van der Waals surface area contributed by atoms with Gasteiger partial charge in [-0.1, -0.05) is 36.4 Å². The monoisotopic (exact) mass is 187 g/mol. The van der Waals surface area contributed by atoms with Crippen molar-refractivity contribution in [1.29, 1.82) is 0 Å². The van der Waals surface area contributed by atoms with E-state index in [1.807, 2.05) is 35.9 Å². The molecule has 0 saturated carbocycles. The normalized spacial score (nSPS) is 10.8. The molecule has 1 aromatic heterocycles. The second kappa shape index (κ2) is 4.01. The molecule has 2 rings (SSSR count). The van der Waals surface area contributed by atoms with Gasteiger partial charge in [0, 0.05) is 11.6 Å². The Labute approximate surface area is 81.4 Å². The minimum atomic E-state index is 1.05. The number of hydrogen-bond acceptors (Lipinski definition) is 2. The quantitative estimate of drug-likeness (QED) is 0.702. The van der Waals surface area contributed by atoms with E-state index in [-0.39, 0.29) is 0 Å². The Morgan fingerprint density at radius 1 is 1.08 bits per heavy atom. The SMILES string of the molecule is C(=C/c1nccs1)/c1ccccc1. The van der Waals surface area contributed by atoms with Crippen LogP contribution in [0.15, 0.2) is 41.9 Å². The molecule has 0 bridgehead atoms. The summed E-state index contributed by atoms with van der Waals surface area (Å²) >= 11 is 1.64. The number of benzene rings is 1. The number of aromatic nitrogens is 1. The first-order valence-electron chi connectivity index (χ1n) is 4.08. The number of hydrogen-bond donors (Lipinski definition) is 0. The Balaban J connectivity index is 2.15. The molecule has 0 saturated heterocycles. The maximum Gasteiger partial charge on any atom is 0.116 e. The zero-order chi connectivity index (χ0) is 8.93. The molecular weight excluding hydrogens is 178 g/mol. The van der Waals surface area contributed by atoms with Crippen LogP contribution in [0.1, 0.15) is 10.6 Å². The minimum Gasteiger partial charge on any atom is -0.245 e. The van der Waals surface area contributed by atoms with Crippen LogP contribution in [0.25, 0.3) is 12.2 Å². The average molecular weight is 187 g/mol. The summed E-state index contributed by atoms with van der Waals surface area (Å²) in [6.45, 7) is 0. The highest BCUT2D eigenvalue weighted by atomic mass is 32.1. The van der Waals surface area contributed by atoms with Crippen molar-refractivity contribution in [2.75, 3.05) is 0 Å². The Hall–Kier alpha value is -1.41. The van der Waals surface area contributed by atoms with E-state index in [9.17, 15) is 0 Å². The van der Waals surface area contributed by atoms with Gasteiger partial charge < -0.3 is 0 Å². The van der Waals surface area contributed by atoms with Gasteiger partial charge in [0.2, 0.25) is 0 Å². The van der Waals surface area contributed by atoms with Gasteiger partial charge in [-0.2, -0.15) is 0 Å². The van der Waals surface area contributed by atoms with E-state index in [1.165, 1.54) is 5.56 Å². The summed E-state index contributed by atoms with van der Waals surface area (Å²) in [4.78, 5) is 4.16. The molecule has 0 aliphatic rings. The lowest BCUT2D eigenvalue weighted by Gasteiger charge is -1.88. The van der Waals surface area contributed by atoms with Crippen LogP contribution in [0, 0.1) is 0 Å². The maximum atomic E-state index is 4.16. The standard InChI is InChI=1S/C11H9NS/c1-2-4-10(5-3-1)6-7-11-12-8-9-13-11/h1-9H/b7-6-. The molecule has 0 atom stereocenters.